The molecule has 8 bridgehead atoms. The Hall–Kier alpha value is -2.34. The zero-order valence-electron chi connectivity index (χ0n) is 60.5. The van der Waals surface area contributed by atoms with Crippen molar-refractivity contribution in [3.63, 3.8) is 0 Å². The van der Waals surface area contributed by atoms with Crippen LogP contribution in [0.1, 0.15) is 261 Å². The Morgan fingerprint density at radius 2 is 0.381 bits per heavy atom. The Labute approximate surface area is 631 Å². The molecule has 522 valence electrons. The van der Waals surface area contributed by atoms with Gasteiger partial charge in [-0.25, -0.2) is 9.97 Å². The van der Waals surface area contributed by atoms with E-state index in [1.54, 1.807) is 0 Å². The van der Waals surface area contributed by atoms with Crippen molar-refractivity contribution in [2.24, 2.45) is 0 Å². The molecule has 0 N–H and O–H groups in total. The maximum Gasteiger partial charge on any atom is 2.00 e. The van der Waals surface area contributed by atoms with Crippen molar-refractivity contribution in [1.29, 1.82) is 0 Å². The van der Waals surface area contributed by atoms with Crippen molar-refractivity contribution < 1.29 is 19.5 Å². The average molecular weight is 1510 g/mol. The third-order valence-corrected chi connectivity index (χ3v) is 27.2. The minimum absolute atomic E-state index is 0. The monoisotopic (exact) mass is 1500 g/mol. The summed E-state index contributed by atoms with van der Waals surface area (Å²) in [7, 11) is 0. The fourth-order valence-electron chi connectivity index (χ4n) is 12.6. The molecule has 2 aliphatic heterocycles. The van der Waals surface area contributed by atoms with E-state index in [-0.39, 0.29) is 19.5 Å². The van der Waals surface area contributed by atoms with Crippen LogP contribution in [0.5, 0.6) is 0 Å². The smallest absolute Gasteiger partial charge is 0.357 e. The molecule has 0 atom stereocenters. The Morgan fingerprint density at radius 1 is 0.216 bits per heavy atom. The van der Waals surface area contributed by atoms with Crippen molar-refractivity contribution in [1.82, 2.24) is 39.9 Å². The molecule has 8 nitrogen and oxygen atoms in total. The van der Waals surface area contributed by atoms with Gasteiger partial charge in [-0.15, -0.1) is 94.1 Å². The molecule has 0 spiro atoms. The van der Waals surface area contributed by atoms with E-state index in [0.29, 0.717) is 45.9 Å². The van der Waals surface area contributed by atoms with Crippen LogP contribution in [0.15, 0.2) is 87.7 Å². The number of benzene rings is 4. The minimum atomic E-state index is 0. The molecule has 2 aliphatic rings. The first-order valence-electron chi connectivity index (χ1n) is 37.8. The van der Waals surface area contributed by atoms with Gasteiger partial charge < -0.3 is 29.9 Å². The van der Waals surface area contributed by atoms with Gasteiger partial charge in [0.15, 0.2) is 0 Å². The molecule has 0 fully saturated rings. The number of aromatic nitrogens is 8. The predicted octanol–water partition coefficient (Wildman–Crippen LogP) is 27.5. The molecule has 3 aromatic heterocycles. The van der Waals surface area contributed by atoms with Gasteiger partial charge in [0.1, 0.15) is 0 Å². The summed E-state index contributed by atoms with van der Waals surface area (Å²) >= 11 is 15.7. The number of hydrogen-bond donors (Lipinski definition) is 0. The van der Waals surface area contributed by atoms with Crippen molar-refractivity contribution in [2.45, 2.75) is 300 Å². The van der Waals surface area contributed by atoms with Crippen LogP contribution in [0.2, 0.25) is 0 Å². The van der Waals surface area contributed by atoms with Crippen LogP contribution in [-0.2, 0) is 19.5 Å². The zero-order valence-corrected chi connectivity index (χ0v) is 70.0. The summed E-state index contributed by atoms with van der Waals surface area (Å²) in [6.45, 7) is 18.4. The number of nitrogens with zero attached hydrogens (tertiary/aromatic N) is 8. The standard InChI is InChI=1S/C80H112N8S8.Zn/c1-9-17-25-33-49-89-57-41-42-58(90-50-34-26-18-10-2)66-65(57)73-81-74(66)86-76-69-61(93-53-37-29-21-13-5)45-46-62(94-54-38-30-22-14-6)70(69)78(83-76)88-80-72-64(96-56-40-32-24-16-8)48-47-63(95-55-39-31-23-15-7)71(72)79(84-80)87-77-68-60(92-52-36-28-20-12-4)44-43-59(67(68)75(82-77)85-73)91-51-35-27-19-11-3;/h41-48H,9-40,49-56H2,1-8H3;/q-2;+2. The fourth-order valence-corrected chi connectivity index (χ4v) is 21.1. The molecular weight excluding hydrogens is 1390 g/mol. The number of rotatable bonds is 48. The van der Waals surface area contributed by atoms with E-state index < -0.39 is 0 Å². The summed E-state index contributed by atoms with van der Waals surface area (Å²) in [5, 5.41) is 4.30. The SMILES string of the molecule is CCCCCCSc1ccc(SCCCCCC)c2c1-c1nc-2nc2[n-]c(nc3nc(nc4[n-]c(n1)c1c(SCCCCCC)ccc(SCCCCCC)c41)-c1c(SCCCCCC)ccc(SCCCCCC)c1-3)c1c(SCCCCCC)ccc(SCCCCCC)c21.[Zn+2]. The van der Waals surface area contributed by atoms with Gasteiger partial charge in [0.2, 0.25) is 0 Å². The van der Waals surface area contributed by atoms with Crippen molar-refractivity contribution in [2.75, 3.05) is 46.0 Å². The van der Waals surface area contributed by atoms with E-state index >= 15 is 0 Å². The van der Waals surface area contributed by atoms with Gasteiger partial charge in [-0.2, -0.15) is 0 Å². The third kappa shape index (κ3) is 22.8. The molecule has 17 heteroatoms. The molecule has 5 heterocycles. The summed E-state index contributed by atoms with van der Waals surface area (Å²) in [5.74, 6) is 10.9. The largest absolute Gasteiger partial charge is 2.00 e. The maximum atomic E-state index is 5.95. The summed E-state index contributed by atoms with van der Waals surface area (Å²) < 4.78 is 0. The van der Waals surface area contributed by atoms with Crippen LogP contribution in [0.3, 0.4) is 0 Å². The molecule has 0 saturated carbocycles. The second-order valence-electron chi connectivity index (χ2n) is 26.0. The van der Waals surface area contributed by atoms with Gasteiger partial charge in [0.05, 0.1) is 23.3 Å². The summed E-state index contributed by atoms with van der Waals surface area (Å²) in [5.41, 5.74) is 7.01. The molecule has 7 aromatic rings. The molecular formula is C80H112N8S8Zn. The molecule has 0 aliphatic carbocycles. The summed E-state index contributed by atoms with van der Waals surface area (Å²) in [6, 6.07) is 19.0. The van der Waals surface area contributed by atoms with Crippen LogP contribution >= 0.6 is 94.1 Å². The first-order valence-corrected chi connectivity index (χ1v) is 45.7. The topological polar surface area (TPSA) is 106 Å². The van der Waals surface area contributed by atoms with Crippen molar-refractivity contribution in [3.05, 3.63) is 48.5 Å². The Bertz CT molecular complexity index is 3240. The number of unbranched alkanes of at least 4 members (excludes halogenated alkanes) is 24. The van der Waals surface area contributed by atoms with Gasteiger partial charge in [0, 0.05) is 106 Å². The quantitative estimate of drug-likeness (QED) is 0.0205. The Kier molecular flexibility index (Phi) is 37.3. The van der Waals surface area contributed by atoms with Gasteiger partial charge in [-0.3, -0.25) is 0 Å². The van der Waals surface area contributed by atoms with E-state index in [1.165, 1.54) is 193 Å². The molecule has 0 saturated heterocycles. The Balaban J connectivity index is 0.0000120. The van der Waals surface area contributed by atoms with Gasteiger partial charge in [0.25, 0.3) is 0 Å². The van der Waals surface area contributed by atoms with E-state index in [0.717, 1.165) is 141 Å². The van der Waals surface area contributed by atoms with Crippen molar-refractivity contribution >= 4 is 138 Å². The van der Waals surface area contributed by atoms with Crippen LogP contribution < -0.4 is 9.97 Å². The van der Waals surface area contributed by atoms with Gasteiger partial charge in [-0.05, 0) is 146 Å². The summed E-state index contributed by atoms with van der Waals surface area (Å²) in [4.78, 5) is 56.7. The fraction of sp³-hybridized carbons (Fsp3) is 0.600. The van der Waals surface area contributed by atoms with E-state index in [2.05, 4.69) is 104 Å². The predicted molar refractivity (Wildman–Crippen MR) is 433 cm³/mol. The average Bonchev–Trinajstić information content (AvgIpc) is 1.51. The number of thioether (sulfide) groups is 8. The molecule has 0 unspecified atom stereocenters. The van der Waals surface area contributed by atoms with Crippen LogP contribution in [0.25, 0.3) is 89.7 Å². The van der Waals surface area contributed by atoms with Crippen LogP contribution in [0.4, 0.5) is 0 Å². The number of hydrogen-bond acceptors (Lipinski definition) is 14. The Morgan fingerprint density at radius 3 is 0.557 bits per heavy atom. The second-order valence-corrected chi connectivity index (χ2v) is 35.1. The van der Waals surface area contributed by atoms with Gasteiger partial charge >= 0.3 is 19.5 Å². The van der Waals surface area contributed by atoms with Crippen LogP contribution in [-0.4, -0.2) is 75.9 Å². The molecule has 0 amide bonds. The third-order valence-electron chi connectivity index (χ3n) is 18.0. The van der Waals surface area contributed by atoms with Gasteiger partial charge in [-0.1, -0.05) is 209 Å². The first-order chi connectivity index (χ1) is 47.4. The molecule has 97 heavy (non-hydrogen) atoms. The number of fused-ring (bicyclic) bond motifs is 20. The first kappa shape index (κ1) is 80.4. The minimum Gasteiger partial charge on any atom is -0.357 e. The van der Waals surface area contributed by atoms with E-state index in [1.807, 2.05) is 94.1 Å². The normalized spacial score (nSPS) is 12.0. The second kappa shape index (κ2) is 45.0. The zero-order chi connectivity index (χ0) is 67.1. The molecule has 4 aromatic carbocycles. The van der Waals surface area contributed by atoms with Crippen molar-refractivity contribution in [3.8, 4) is 45.6 Å². The molecule has 0 radical (unpaired) electrons. The summed E-state index contributed by atoms with van der Waals surface area (Å²) in [6.07, 6.45) is 38.6. The van der Waals surface area contributed by atoms with Crippen LogP contribution in [0, 0.1) is 0 Å². The van der Waals surface area contributed by atoms with E-state index in [9.17, 15) is 0 Å². The van der Waals surface area contributed by atoms with E-state index in [4.69, 9.17) is 39.9 Å². The maximum absolute atomic E-state index is 5.95. The molecule has 9 rings (SSSR count).